The van der Waals surface area contributed by atoms with Crippen LogP contribution in [0.3, 0.4) is 0 Å². The highest BCUT2D eigenvalue weighted by molar-refractivity contribution is 5.88. The minimum absolute atomic E-state index is 0.0556. The second-order valence-electron chi connectivity index (χ2n) is 8.48. The number of ether oxygens (including phenoxy) is 1. The van der Waals surface area contributed by atoms with E-state index >= 15 is 0 Å². The summed E-state index contributed by atoms with van der Waals surface area (Å²) in [5.41, 5.74) is 3.22. The third-order valence-electron chi connectivity index (χ3n) is 5.72. The number of amides is 1. The molecule has 1 saturated heterocycles. The zero-order chi connectivity index (χ0) is 28.2. The Morgan fingerprint density at radius 1 is 1.05 bits per heavy atom. The molecule has 4 heterocycles. The molecule has 18 heteroatoms. The third kappa shape index (κ3) is 6.26. The highest BCUT2D eigenvalue weighted by Gasteiger charge is 2.44. The lowest BCUT2D eigenvalue weighted by Crippen LogP contribution is -2.37. The number of halogens is 2. The Bertz CT molecular complexity index is 1330. The number of hydrogen-bond acceptors (Lipinski definition) is 12. The molecule has 208 valence electrons. The van der Waals surface area contributed by atoms with Gasteiger partial charge in [0.05, 0.1) is 19.7 Å². The van der Waals surface area contributed by atoms with Gasteiger partial charge in [0.25, 0.3) is 5.91 Å². The molecule has 3 aromatic heterocycles. The van der Waals surface area contributed by atoms with Gasteiger partial charge >= 0.3 is 0 Å². The molecule has 0 saturated carbocycles. The number of hydrogen-bond donors (Lipinski definition) is 5. The second kappa shape index (κ2) is 11.7. The molecule has 1 fully saturated rings. The molecule has 0 aliphatic carbocycles. The van der Waals surface area contributed by atoms with Crippen LogP contribution in [-0.2, 0) is 23.4 Å². The van der Waals surface area contributed by atoms with Crippen LogP contribution in [0.1, 0.15) is 22.4 Å². The van der Waals surface area contributed by atoms with E-state index in [1.54, 1.807) is 0 Å². The molecule has 39 heavy (non-hydrogen) atoms. The molecule has 5 rings (SSSR count). The Labute approximate surface area is 217 Å². The summed E-state index contributed by atoms with van der Waals surface area (Å²) in [5, 5.41) is 50.6. The van der Waals surface area contributed by atoms with E-state index in [4.69, 9.17) is 15.6 Å². The average molecular weight is 550 g/mol. The summed E-state index contributed by atoms with van der Waals surface area (Å²) in [6, 6.07) is 3.02. The van der Waals surface area contributed by atoms with Crippen LogP contribution in [-0.4, -0.2) is 95.5 Å². The van der Waals surface area contributed by atoms with Crippen molar-refractivity contribution in [1.29, 1.82) is 0 Å². The SMILES string of the molecule is NC(=O)c1ncn([C@@H]2O[C@H](CO)[C@@H](O)[C@H]2O)n1.OC(Cn1cncn1)(Cn1cncn1)c1ccc(F)cc1F. The van der Waals surface area contributed by atoms with E-state index in [0.717, 1.165) is 23.1 Å². The van der Waals surface area contributed by atoms with Gasteiger partial charge in [-0.25, -0.2) is 37.8 Å². The van der Waals surface area contributed by atoms with Crippen molar-refractivity contribution in [2.24, 2.45) is 5.73 Å². The first kappa shape index (κ1) is 27.8. The molecular formula is C21H24F2N10O6. The van der Waals surface area contributed by atoms with E-state index in [-0.39, 0.29) is 24.5 Å². The van der Waals surface area contributed by atoms with Crippen molar-refractivity contribution >= 4 is 5.91 Å². The van der Waals surface area contributed by atoms with Crippen molar-refractivity contribution in [2.45, 2.75) is 43.2 Å². The van der Waals surface area contributed by atoms with Crippen molar-refractivity contribution in [3.63, 3.8) is 0 Å². The summed E-state index contributed by atoms with van der Waals surface area (Å²) < 4.78 is 36.2. The fraction of sp³-hybridized carbons (Fsp3) is 0.381. The molecule has 4 atom stereocenters. The van der Waals surface area contributed by atoms with Gasteiger partial charge in [0.1, 0.15) is 67.2 Å². The summed E-state index contributed by atoms with van der Waals surface area (Å²) >= 11 is 0. The minimum Gasteiger partial charge on any atom is -0.394 e. The van der Waals surface area contributed by atoms with Crippen LogP contribution in [0.4, 0.5) is 8.78 Å². The Morgan fingerprint density at radius 2 is 1.69 bits per heavy atom. The number of rotatable bonds is 8. The number of aromatic nitrogens is 9. The lowest BCUT2D eigenvalue weighted by atomic mass is 9.93. The van der Waals surface area contributed by atoms with E-state index in [0.29, 0.717) is 0 Å². The highest BCUT2D eigenvalue weighted by Crippen LogP contribution is 2.29. The van der Waals surface area contributed by atoms with Crippen LogP contribution in [0, 0.1) is 11.6 Å². The summed E-state index contributed by atoms with van der Waals surface area (Å²) in [5.74, 6) is -2.59. The minimum atomic E-state index is -1.70. The maximum Gasteiger partial charge on any atom is 0.288 e. The molecule has 0 unspecified atom stereocenters. The standard InChI is InChI=1S/C13H12F2N6O.C8H12N4O5/c14-10-1-2-11(12(15)3-10)13(22,4-20-8-16-6-18-20)5-21-9-17-7-19-21;9-6(16)7-10-2-12(11-7)8-5(15)4(14)3(1-13)17-8/h1-3,6-9,22H,4-5H2;2-5,8,13-15H,1H2,(H2,9,16)/t;3-,4-,5-,8-/m.1/s1. The first-order valence-electron chi connectivity index (χ1n) is 11.3. The van der Waals surface area contributed by atoms with Gasteiger partial charge in [0, 0.05) is 11.6 Å². The van der Waals surface area contributed by atoms with Gasteiger partial charge in [0.15, 0.2) is 6.23 Å². The average Bonchev–Trinajstić information content (AvgIpc) is 3.70. The fourth-order valence-electron chi connectivity index (χ4n) is 3.86. The summed E-state index contributed by atoms with van der Waals surface area (Å²) in [7, 11) is 0. The predicted molar refractivity (Wildman–Crippen MR) is 122 cm³/mol. The Hall–Kier alpha value is -4.23. The normalized spacial score (nSPS) is 21.0. The molecular weight excluding hydrogens is 526 g/mol. The molecule has 0 radical (unpaired) electrons. The molecule has 1 aliphatic rings. The van der Waals surface area contributed by atoms with E-state index in [1.165, 1.54) is 40.7 Å². The van der Waals surface area contributed by atoms with Crippen molar-refractivity contribution in [1.82, 2.24) is 44.3 Å². The van der Waals surface area contributed by atoms with Gasteiger partial charge in [0.2, 0.25) is 5.82 Å². The van der Waals surface area contributed by atoms with E-state index in [1.807, 2.05) is 0 Å². The zero-order valence-corrected chi connectivity index (χ0v) is 20.0. The molecule has 0 bridgehead atoms. The lowest BCUT2D eigenvalue weighted by Gasteiger charge is -2.28. The molecule has 4 aromatic rings. The van der Waals surface area contributed by atoms with Gasteiger partial charge in [-0.15, -0.1) is 5.10 Å². The number of nitrogens with zero attached hydrogens (tertiary/aromatic N) is 9. The van der Waals surface area contributed by atoms with Gasteiger partial charge in [-0.1, -0.05) is 6.07 Å². The number of nitrogens with two attached hydrogens (primary N) is 1. The maximum atomic E-state index is 14.1. The quantitative estimate of drug-likeness (QED) is 0.156. The molecule has 1 aromatic carbocycles. The van der Waals surface area contributed by atoms with Crippen LogP contribution in [0.2, 0.25) is 0 Å². The van der Waals surface area contributed by atoms with Crippen molar-refractivity contribution in [3.05, 3.63) is 72.9 Å². The summed E-state index contributed by atoms with van der Waals surface area (Å²) in [6.45, 7) is -0.586. The van der Waals surface area contributed by atoms with Crippen LogP contribution in [0.15, 0.2) is 49.8 Å². The first-order valence-corrected chi connectivity index (χ1v) is 11.3. The third-order valence-corrected chi connectivity index (χ3v) is 5.72. The van der Waals surface area contributed by atoms with Crippen molar-refractivity contribution in [2.75, 3.05) is 6.61 Å². The first-order chi connectivity index (χ1) is 18.6. The molecule has 0 spiro atoms. The predicted octanol–water partition coefficient (Wildman–Crippen LogP) is -2.28. The van der Waals surface area contributed by atoms with Crippen LogP contribution >= 0.6 is 0 Å². The van der Waals surface area contributed by atoms with E-state index in [9.17, 15) is 28.9 Å². The van der Waals surface area contributed by atoms with Crippen molar-refractivity contribution in [3.8, 4) is 0 Å². The summed E-state index contributed by atoms with van der Waals surface area (Å²) in [6.07, 6.45) is 2.13. The monoisotopic (exact) mass is 550 g/mol. The largest absolute Gasteiger partial charge is 0.394 e. The molecule has 1 aliphatic heterocycles. The van der Waals surface area contributed by atoms with Gasteiger partial charge in [-0.05, 0) is 6.07 Å². The number of primary amides is 1. The highest BCUT2D eigenvalue weighted by atomic mass is 19.1. The zero-order valence-electron chi connectivity index (χ0n) is 20.0. The van der Waals surface area contributed by atoms with Gasteiger partial charge < -0.3 is 30.9 Å². The van der Waals surface area contributed by atoms with Crippen LogP contribution in [0.5, 0.6) is 0 Å². The van der Waals surface area contributed by atoms with Crippen LogP contribution < -0.4 is 5.73 Å². The van der Waals surface area contributed by atoms with Gasteiger partial charge in [-0.3, -0.25) is 4.79 Å². The molecule has 16 nitrogen and oxygen atoms in total. The van der Waals surface area contributed by atoms with Crippen LogP contribution in [0.25, 0.3) is 0 Å². The Morgan fingerprint density at radius 3 is 2.15 bits per heavy atom. The number of benzene rings is 1. The maximum absolute atomic E-state index is 14.1. The smallest absolute Gasteiger partial charge is 0.288 e. The second-order valence-corrected chi connectivity index (χ2v) is 8.48. The topological polar surface area (TPSA) is 225 Å². The molecule has 1 amide bonds. The number of carbonyl (C=O) groups excluding carboxylic acids is 1. The lowest BCUT2D eigenvalue weighted by molar-refractivity contribution is -0.0588. The Balaban J connectivity index is 0.000000187. The van der Waals surface area contributed by atoms with E-state index in [2.05, 4.69) is 30.2 Å². The fourth-order valence-corrected chi connectivity index (χ4v) is 3.86. The van der Waals surface area contributed by atoms with E-state index < -0.39 is 54.3 Å². The molecule has 6 N–H and O–H groups in total. The number of carbonyl (C=O) groups is 1. The van der Waals surface area contributed by atoms with Gasteiger partial charge in [-0.2, -0.15) is 10.2 Å². The Kier molecular flexibility index (Phi) is 8.31. The summed E-state index contributed by atoms with van der Waals surface area (Å²) in [4.78, 5) is 22.0. The number of aliphatic hydroxyl groups is 4. The van der Waals surface area contributed by atoms with Crippen molar-refractivity contribution < 1.29 is 38.7 Å². The number of aliphatic hydroxyl groups excluding tert-OH is 3.